The lowest BCUT2D eigenvalue weighted by atomic mass is 10.2. The van der Waals surface area contributed by atoms with Gasteiger partial charge in [-0.3, -0.25) is 4.79 Å². The number of fused-ring (bicyclic) bond motifs is 1. The van der Waals surface area contributed by atoms with Gasteiger partial charge in [-0.2, -0.15) is 4.98 Å². The molecule has 0 aromatic carbocycles. The number of nitrogens with zero attached hydrogens (tertiary/aromatic N) is 2. The quantitative estimate of drug-likeness (QED) is 0.857. The van der Waals surface area contributed by atoms with Crippen LogP contribution in [-0.4, -0.2) is 21.4 Å². The van der Waals surface area contributed by atoms with Gasteiger partial charge in [-0.25, -0.2) is 4.98 Å². The molecule has 18 heavy (non-hydrogen) atoms. The van der Waals surface area contributed by atoms with E-state index in [0.717, 1.165) is 12.8 Å². The topological polar surface area (TPSA) is 94.0 Å². The number of rotatable bonds is 3. The number of carbonyl (C=O) groups excluding carboxylic acids is 1. The van der Waals surface area contributed by atoms with Crippen molar-refractivity contribution in [2.75, 3.05) is 5.32 Å². The molecule has 0 aliphatic heterocycles. The van der Waals surface area contributed by atoms with E-state index in [0.29, 0.717) is 28.3 Å². The molecule has 6 nitrogen and oxygen atoms in total. The molecule has 2 heterocycles. The van der Waals surface area contributed by atoms with Crippen molar-refractivity contribution in [2.45, 2.75) is 32.2 Å². The number of carbonyl (C=O) groups is 1. The number of nitrogens with two attached hydrogens (primary N) is 1. The molecule has 0 atom stereocenters. The Kier molecular flexibility index (Phi) is 2.10. The van der Waals surface area contributed by atoms with Crippen LogP contribution in [-0.2, 0) is 0 Å². The summed E-state index contributed by atoms with van der Waals surface area (Å²) < 4.78 is 5.27. The van der Waals surface area contributed by atoms with Crippen molar-refractivity contribution >= 4 is 22.8 Å². The van der Waals surface area contributed by atoms with Gasteiger partial charge in [0, 0.05) is 5.54 Å². The Morgan fingerprint density at radius 1 is 1.50 bits per heavy atom. The third-order valence-electron chi connectivity index (χ3n) is 3.23. The second kappa shape index (κ2) is 3.44. The minimum Gasteiger partial charge on any atom is -0.445 e. The summed E-state index contributed by atoms with van der Waals surface area (Å²) in [4.78, 5) is 19.9. The molecule has 1 aliphatic carbocycles. The standard InChI is InChI=1S/C12H14N4O2/c1-6-14-10(16-12(2)3-4-12)8-7(9(13)17)5-18-11(8)15-6/h5H,3-4H2,1-2H3,(H2,13,17)(H,14,15,16). The van der Waals surface area contributed by atoms with Crippen molar-refractivity contribution in [1.82, 2.24) is 9.97 Å². The normalized spacial score (nSPS) is 16.8. The maximum Gasteiger partial charge on any atom is 0.252 e. The predicted octanol–water partition coefficient (Wildman–Crippen LogP) is 1.59. The highest BCUT2D eigenvalue weighted by Crippen LogP contribution is 2.39. The number of aromatic nitrogens is 2. The van der Waals surface area contributed by atoms with Crippen LogP contribution in [0.5, 0.6) is 0 Å². The highest BCUT2D eigenvalue weighted by molar-refractivity contribution is 6.08. The molecule has 2 aromatic rings. The van der Waals surface area contributed by atoms with Gasteiger partial charge < -0.3 is 15.5 Å². The van der Waals surface area contributed by atoms with Gasteiger partial charge in [-0.05, 0) is 26.7 Å². The van der Waals surface area contributed by atoms with Gasteiger partial charge >= 0.3 is 0 Å². The summed E-state index contributed by atoms with van der Waals surface area (Å²) in [5.41, 5.74) is 6.09. The number of primary amides is 1. The van der Waals surface area contributed by atoms with Crippen LogP contribution in [0.1, 0.15) is 35.9 Å². The Labute approximate surface area is 104 Å². The third kappa shape index (κ3) is 1.70. The lowest BCUT2D eigenvalue weighted by Crippen LogP contribution is -2.18. The Balaban J connectivity index is 2.20. The van der Waals surface area contributed by atoms with E-state index in [1.807, 2.05) is 0 Å². The van der Waals surface area contributed by atoms with Crippen LogP contribution in [0.3, 0.4) is 0 Å². The fraction of sp³-hybridized carbons (Fsp3) is 0.417. The molecule has 1 amide bonds. The predicted molar refractivity (Wildman–Crippen MR) is 66.3 cm³/mol. The maximum absolute atomic E-state index is 11.4. The van der Waals surface area contributed by atoms with Gasteiger partial charge in [0.15, 0.2) is 0 Å². The number of aryl methyl sites for hydroxylation is 1. The average Bonchev–Trinajstić information content (AvgIpc) is 2.85. The number of anilines is 1. The number of furan rings is 1. The van der Waals surface area contributed by atoms with Gasteiger partial charge in [0.25, 0.3) is 5.91 Å². The van der Waals surface area contributed by atoms with Crippen molar-refractivity contribution in [3.8, 4) is 0 Å². The SMILES string of the molecule is Cc1nc(NC2(C)CC2)c2c(C(N)=O)coc2n1. The molecule has 0 bridgehead atoms. The third-order valence-corrected chi connectivity index (χ3v) is 3.23. The molecule has 0 unspecified atom stereocenters. The summed E-state index contributed by atoms with van der Waals surface area (Å²) in [7, 11) is 0. The average molecular weight is 246 g/mol. The fourth-order valence-electron chi connectivity index (χ4n) is 1.92. The van der Waals surface area contributed by atoms with Crippen molar-refractivity contribution < 1.29 is 9.21 Å². The van der Waals surface area contributed by atoms with E-state index in [-0.39, 0.29) is 5.54 Å². The molecule has 0 saturated heterocycles. The Hall–Kier alpha value is -2.11. The molecule has 3 rings (SSSR count). The van der Waals surface area contributed by atoms with E-state index in [1.54, 1.807) is 6.92 Å². The van der Waals surface area contributed by atoms with Gasteiger partial charge in [-0.15, -0.1) is 0 Å². The van der Waals surface area contributed by atoms with Crippen molar-refractivity contribution in [2.24, 2.45) is 5.73 Å². The van der Waals surface area contributed by atoms with E-state index < -0.39 is 5.91 Å². The van der Waals surface area contributed by atoms with Crippen LogP contribution in [0.25, 0.3) is 11.1 Å². The van der Waals surface area contributed by atoms with Crippen LogP contribution in [0.4, 0.5) is 5.82 Å². The molecule has 94 valence electrons. The largest absolute Gasteiger partial charge is 0.445 e. The van der Waals surface area contributed by atoms with Crippen LogP contribution < -0.4 is 11.1 Å². The van der Waals surface area contributed by atoms with Crippen LogP contribution >= 0.6 is 0 Å². The zero-order valence-corrected chi connectivity index (χ0v) is 10.3. The summed E-state index contributed by atoms with van der Waals surface area (Å²) in [6.07, 6.45) is 3.50. The summed E-state index contributed by atoms with van der Waals surface area (Å²) in [6, 6.07) is 0. The monoisotopic (exact) mass is 246 g/mol. The molecule has 0 spiro atoms. The van der Waals surface area contributed by atoms with E-state index in [1.165, 1.54) is 6.26 Å². The molecular formula is C12H14N4O2. The minimum atomic E-state index is -0.537. The first kappa shape index (κ1) is 11.0. The van der Waals surface area contributed by atoms with E-state index in [2.05, 4.69) is 22.2 Å². The number of amides is 1. The smallest absolute Gasteiger partial charge is 0.252 e. The van der Waals surface area contributed by atoms with Gasteiger partial charge in [0.05, 0.1) is 10.9 Å². The number of nitrogens with one attached hydrogen (secondary N) is 1. The van der Waals surface area contributed by atoms with Gasteiger partial charge in [-0.1, -0.05) is 0 Å². The zero-order chi connectivity index (χ0) is 12.9. The lowest BCUT2D eigenvalue weighted by Gasteiger charge is -2.13. The second-order valence-corrected chi connectivity index (χ2v) is 5.00. The van der Waals surface area contributed by atoms with Crippen molar-refractivity contribution in [3.63, 3.8) is 0 Å². The highest BCUT2D eigenvalue weighted by atomic mass is 16.3. The molecule has 1 aliphatic rings. The number of hydrogen-bond donors (Lipinski definition) is 2. The van der Waals surface area contributed by atoms with Crippen molar-refractivity contribution in [3.05, 3.63) is 17.7 Å². The molecule has 0 radical (unpaired) electrons. The van der Waals surface area contributed by atoms with Crippen molar-refractivity contribution in [1.29, 1.82) is 0 Å². The second-order valence-electron chi connectivity index (χ2n) is 5.00. The van der Waals surface area contributed by atoms with Crippen LogP contribution in [0.15, 0.2) is 10.7 Å². The molecule has 3 N–H and O–H groups in total. The number of hydrogen-bond acceptors (Lipinski definition) is 5. The van der Waals surface area contributed by atoms with E-state index in [9.17, 15) is 4.79 Å². The van der Waals surface area contributed by atoms with Crippen LogP contribution in [0, 0.1) is 6.92 Å². The molecule has 1 fully saturated rings. The molecule has 2 aromatic heterocycles. The minimum absolute atomic E-state index is 0.0555. The summed E-state index contributed by atoms with van der Waals surface area (Å²) in [5, 5.41) is 3.91. The van der Waals surface area contributed by atoms with E-state index >= 15 is 0 Å². The Morgan fingerprint density at radius 2 is 2.22 bits per heavy atom. The highest BCUT2D eigenvalue weighted by Gasteiger charge is 2.38. The van der Waals surface area contributed by atoms with Gasteiger partial charge in [0.2, 0.25) is 5.71 Å². The van der Waals surface area contributed by atoms with Crippen LogP contribution in [0.2, 0.25) is 0 Å². The summed E-state index contributed by atoms with van der Waals surface area (Å²) >= 11 is 0. The van der Waals surface area contributed by atoms with Gasteiger partial charge in [0.1, 0.15) is 17.9 Å². The molecule has 1 saturated carbocycles. The fourth-order valence-corrected chi connectivity index (χ4v) is 1.92. The van der Waals surface area contributed by atoms with E-state index in [4.69, 9.17) is 10.2 Å². The molecule has 6 heteroatoms. The molecular weight excluding hydrogens is 232 g/mol. The zero-order valence-electron chi connectivity index (χ0n) is 10.3. The summed E-state index contributed by atoms with van der Waals surface area (Å²) in [6.45, 7) is 3.90. The Morgan fingerprint density at radius 3 is 2.83 bits per heavy atom. The maximum atomic E-state index is 11.4. The first-order valence-corrected chi connectivity index (χ1v) is 5.82. The summed E-state index contributed by atoms with van der Waals surface area (Å²) in [5.74, 6) is 0.685. The lowest BCUT2D eigenvalue weighted by molar-refractivity contribution is 0.100. The Bertz CT molecular complexity index is 643. The first-order chi connectivity index (χ1) is 8.48. The first-order valence-electron chi connectivity index (χ1n) is 5.82.